The van der Waals surface area contributed by atoms with Gasteiger partial charge in [0.1, 0.15) is 0 Å². The lowest BCUT2D eigenvalue weighted by Crippen LogP contribution is -2.33. The van der Waals surface area contributed by atoms with Gasteiger partial charge in [-0.05, 0) is 30.0 Å². The van der Waals surface area contributed by atoms with Crippen molar-refractivity contribution in [3.8, 4) is 6.07 Å². The molecule has 0 heterocycles. The van der Waals surface area contributed by atoms with E-state index in [0.29, 0.717) is 12.0 Å². The second kappa shape index (κ2) is 8.05. The first-order valence-electron chi connectivity index (χ1n) is 6.91. The summed E-state index contributed by atoms with van der Waals surface area (Å²) in [5.41, 5.74) is 1.21. The first-order valence-corrected chi connectivity index (χ1v) is 6.91. The number of hydrogen-bond acceptors (Lipinski definition) is 3. The number of carbonyl (C=O) groups excluding carboxylic acids is 1. The quantitative estimate of drug-likeness (QED) is 0.805. The molecule has 5 nitrogen and oxygen atoms in total. The number of nitrogens with zero attached hydrogens (tertiary/aromatic N) is 1. The van der Waals surface area contributed by atoms with E-state index in [0.717, 1.165) is 5.56 Å². The first kappa shape index (κ1) is 16.7. The van der Waals surface area contributed by atoms with Crippen LogP contribution >= 0.6 is 0 Å². The highest BCUT2D eigenvalue weighted by atomic mass is 16.4. The molecule has 0 bridgehead atoms. The zero-order valence-corrected chi connectivity index (χ0v) is 12.3. The number of nitrogens with one attached hydrogen (secondary N) is 1. The average Bonchev–Trinajstić information content (AvgIpc) is 2.43. The summed E-state index contributed by atoms with van der Waals surface area (Å²) in [6, 6.07) is 8.81. The summed E-state index contributed by atoms with van der Waals surface area (Å²) in [6.07, 6.45) is 0.760. The normalized spacial score (nSPS) is 11.7. The van der Waals surface area contributed by atoms with Crippen molar-refractivity contribution in [3.05, 3.63) is 35.4 Å². The molecule has 0 saturated carbocycles. The maximum Gasteiger partial charge on any atom is 0.308 e. The van der Waals surface area contributed by atoms with E-state index in [1.54, 1.807) is 24.3 Å². The highest BCUT2D eigenvalue weighted by Gasteiger charge is 2.20. The van der Waals surface area contributed by atoms with Gasteiger partial charge in [-0.3, -0.25) is 9.59 Å². The molecule has 112 valence electrons. The van der Waals surface area contributed by atoms with Gasteiger partial charge in [-0.1, -0.05) is 26.0 Å². The Labute approximate surface area is 124 Å². The van der Waals surface area contributed by atoms with E-state index < -0.39 is 11.9 Å². The highest BCUT2D eigenvalue weighted by molar-refractivity contribution is 5.94. The van der Waals surface area contributed by atoms with Crippen molar-refractivity contribution in [1.82, 2.24) is 5.32 Å². The Hall–Kier alpha value is -2.35. The number of carboxylic acid groups (broad SMARTS) is 1. The summed E-state index contributed by atoms with van der Waals surface area (Å²) < 4.78 is 0. The van der Waals surface area contributed by atoms with Crippen LogP contribution in [0, 0.1) is 23.2 Å². The third-order valence-electron chi connectivity index (χ3n) is 3.09. The minimum atomic E-state index is -0.901. The van der Waals surface area contributed by atoms with Gasteiger partial charge in [-0.15, -0.1) is 0 Å². The second-order valence-electron chi connectivity index (χ2n) is 5.41. The Morgan fingerprint density at radius 2 is 2.10 bits per heavy atom. The van der Waals surface area contributed by atoms with Crippen molar-refractivity contribution in [1.29, 1.82) is 5.26 Å². The molecule has 21 heavy (non-hydrogen) atoms. The molecule has 0 saturated heterocycles. The lowest BCUT2D eigenvalue weighted by Gasteiger charge is -2.15. The van der Waals surface area contributed by atoms with E-state index in [-0.39, 0.29) is 24.8 Å². The number of carboxylic acids is 1. The molecular weight excluding hydrogens is 268 g/mol. The Balaban J connectivity index is 2.66. The Morgan fingerprint density at radius 1 is 1.38 bits per heavy atom. The summed E-state index contributed by atoms with van der Waals surface area (Å²) in [7, 11) is 0. The maximum atomic E-state index is 12.0. The standard InChI is InChI=1S/C16H20N2O3/c1-11(2)8-14(16(20)21)10-18-15(19)13-5-3-4-12(9-13)6-7-17/h3-5,9,11,14H,6,8,10H2,1-2H3,(H,18,19)(H,20,21). The predicted octanol–water partition coefficient (Wildman–Crippen LogP) is 2.23. The van der Waals surface area contributed by atoms with Gasteiger partial charge >= 0.3 is 5.97 Å². The highest BCUT2D eigenvalue weighted by Crippen LogP contribution is 2.12. The molecule has 1 aromatic carbocycles. The topological polar surface area (TPSA) is 90.2 Å². The molecule has 1 rings (SSSR count). The van der Waals surface area contributed by atoms with Gasteiger partial charge in [0.25, 0.3) is 5.91 Å². The summed E-state index contributed by atoms with van der Waals surface area (Å²) in [5, 5.41) is 20.4. The van der Waals surface area contributed by atoms with Gasteiger partial charge in [-0.25, -0.2) is 0 Å². The van der Waals surface area contributed by atoms with E-state index in [2.05, 4.69) is 5.32 Å². The van der Waals surface area contributed by atoms with Gasteiger partial charge in [0.05, 0.1) is 18.4 Å². The fraction of sp³-hybridized carbons (Fsp3) is 0.438. The van der Waals surface area contributed by atoms with Crippen molar-refractivity contribution in [2.75, 3.05) is 6.54 Å². The van der Waals surface area contributed by atoms with E-state index >= 15 is 0 Å². The number of benzene rings is 1. The van der Waals surface area contributed by atoms with Crippen molar-refractivity contribution in [2.24, 2.45) is 11.8 Å². The largest absolute Gasteiger partial charge is 0.481 e. The van der Waals surface area contributed by atoms with E-state index in [1.807, 2.05) is 19.9 Å². The van der Waals surface area contributed by atoms with Crippen LogP contribution in [0.1, 0.15) is 36.2 Å². The lowest BCUT2D eigenvalue weighted by atomic mass is 9.97. The average molecular weight is 288 g/mol. The van der Waals surface area contributed by atoms with Crippen LogP contribution in [0.15, 0.2) is 24.3 Å². The summed E-state index contributed by atoms with van der Waals surface area (Å²) in [4.78, 5) is 23.2. The number of nitriles is 1. The molecule has 5 heteroatoms. The minimum Gasteiger partial charge on any atom is -0.481 e. The van der Waals surface area contributed by atoms with Crippen LogP contribution in [0.25, 0.3) is 0 Å². The van der Waals surface area contributed by atoms with Crippen LogP contribution in [0.3, 0.4) is 0 Å². The van der Waals surface area contributed by atoms with Crippen LogP contribution in [0.5, 0.6) is 0 Å². The molecule has 1 aromatic rings. The van der Waals surface area contributed by atoms with Crippen LogP contribution < -0.4 is 5.32 Å². The molecule has 0 aliphatic rings. The third kappa shape index (κ3) is 5.65. The SMILES string of the molecule is CC(C)CC(CNC(=O)c1cccc(CC#N)c1)C(=O)O. The molecule has 2 N–H and O–H groups in total. The van der Waals surface area contributed by atoms with Crippen molar-refractivity contribution in [3.63, 3.8) is 0 Å². The molecule has 0 spiro atoms. The minimum absolute atomic E-state index is 0.106. The van der Waals surface area contributed by atoms with E-state index in [1.165, 1.54) is 0 Å². The first-order chi connectivity index (χ1) is 9.93. The summed E-state index contributed by atoms with van der Waals surface area (Å²) >= 11 is 0. The van der Waals surface area contributed by atoms with Crippen LogP contribution in [-0.4, -0.2) is 23.5 Å². The summed E-state index contributed by atoms with van der Waals surface area (Å²) in [5.74, 6) is -1.55. The Kier molecular flexibility index (Phi) is 6.41. The molecule has 1 amide bonds. The van der Waals surface area contributed by atoms with Crippen molar-refractivity contribution >= 4 is 11.9 Å². The Morgan fingerprint density at radius 3 is 2.67 bits per heavy atom. The van der Waals surface area contributed by atoms with Crippen molar-refractivity contribution < 1.29 is 14.7 Å². The monoisotopic (exact) mass is 288 g/mol. The van der Waals surface area contributed by atoms with Crippen LogP contribution in [-0.2, 0) is 11.2 Å². The number of carbonyl (C=O) groups is 2. The van der Waals surface area contributed by atoms with Gasteiger partial charge in [0, 0.05) is 12.1 Å². The Bertz CT molecular complexity index is 547. The lowest BCUT2D eigenvalue weighted by molar-refractivity contribution is -0.142. The zero-order valence-electron chi connectivity index (χ0n) is 12.3. The predicted molar refractivity (Wildman–Crippen MR) is 78.7 cm³/mol. The fourth-order valence-corrected chi connectivity index (χ4v) is 2.07. The van der Waals surface area contributed by atoms with Gasteiger partial charge < -0.3 is 10.4 Å². The third-order valence-corrected chi connectivity index (χ3v) is 3.09. The van der Waals surface area contributed by atoms with Gasteiger partial charge in [-0.2, -0.15) is 5.26 Å². The van der Waals surface area contributed by atoms with Gasteiger partial charge in [0.2, 0.25) is 0 Å². The molecule has 0 aliphatic carbocycles. The van der Waals surface area contributed by atoms with E-state index in [9.17, 15) is 9.59 Å². The van der Waals surface area contributed by atoms with Crippen LogP contribution in [0.2, 0.25) is 0 Å². The molecular formula is C16H20N2O3. The number of rotatable bonds is 7. The molecule has 0 fully saturated rings. The number of amides is 1. The molecule has 0 aliphatic heterocycles. The molecule has 0 aromatic heterocycles. The van der Waals surface area contributed by atoms with Crippen LogP contribution in [0.4, 0.5) is 0 Å². The van der Waals surface area contributed by atoms with Crippen molar-refractivity contribution in [2.45, 2.75) is 26.7 Å². The zero-order chi connectivity index (χ0) is 15.8. The molecule has 0 radical (unpaired) electrons. The number of aliphatic carboxylic acids is 1. The molecule has 1 unspecified atom stereocenters. The smallest absolute Gasteiger partial charge is 0.308 e. The maximum absolute atomic E-state index is 12.0. The summed E-state index contributed by atoms with van der Waals surface area (Å²) in [6.45, 7) is 4.00. The fourth-order valence-electron chi connectivity index (χ4n) is 2.07. The van der Waals surface area contributed by atoms with Gasteiger partial charge in [0.15, 0.2) is 0 Å². The second-order valence-corrected chi connectivity index (χ2v) is 5.41. The number of hydrogen-bond donors (Lipinski definition) is 2. The van der Waals surface area contributed by atoms with E-state index in [4.69, 9.17) is 10.4 Å². The molecule has 1 atom stereocenters.